The minimum absolute atomic E-state index is 0.274. The summed E-state index contributed by atoms with van der Waals surface area (Å²) in [5.74, 6) is 0.274. The largest absolute Gasteiger partial charge is 0.319 e. The van der Waals surface area contributed by atoms with Crippen LogP contribution in [0.15, 0.2) is 10.3 Å². The van der Waals surface area contributed by atoms with E-state index in [1.165, 1.54) is 6.42 Å². The Morgan fingerprint density at radius 2 is 2.18 bits per heavy atom. The quantitative estimate of drug-likeness (QED) is 0.666. The third-order valence-electron chi connectivity index (χ3n) is 1.85. The van der Waals surface area contributed by atoms with Gasteiger partial charge in [0.1, 0.15) is 0 Å². The molecule has 0 radical (unpaired) electrons. The molecule has 1 amide bonds. The van der Waals surface area contributed by atoms with Crippen molar-refractivity contribution >= 4 is 28.5 Å². The molecule has 62 valence electrons. The average molecular weight is 265 g/mol. The Morgan fingerprint density at radius 1 is 1.36 bits per heavy atom. The predicted octanol–water partition coefficient (Wildman–Crippen LogP) is 2.30. The summed E-state index contributed by atoms with van der Waals surface area (Å²) in [5, 5.41) is 0. The van der Waals surface area contributed by atoms with E-state index in [-0.39, 0.29) is 5.91 Å². The lowest BCUT2D eigenvalue weighted by Crippen LogP contribution is -2.24. The number of nitrogens with zero attached hydrogens (tertiary/aromatic N) is 1. The monoisotopic (exact) mass is 265 g/mol. The molecule has 0 bridgehead atoms. The summed E-state index contributed by atoms with van der Waals surface area (Å²) in [6.45, 7) is 0.901. The van der Waals surface area contributed by atoms with Gasteiger partial charge in [0.2, 0.25) is 5.91 Å². The molecule has 0 saturated carbocycles. The SMILES string of the molecule is O=C1CCCCCN1/C=C/I. The number of halogens is 1. The second kappa shape index (κ2) is 4.74. The van der Waals surface area contributed by atoms with Crippen LogP contribution in [0, 0.1) is 0 Å². The Balaban J connectivity index is 2.52. The normalized spacial score (nSPS) is 20.8. The second-order valence-corrected chi connectivity index (χ2v) is 3.39. The molecule has 0 spiro atoms. The van der Waals surface area contributed by atoms with Gasteiger partial charge in [-0.2, -0.15) is 0 Å². The molecule has 11 heavy (non-hydrogen) atoms. The summed E-state index contributed by atoms with van der Waals surface area (Å²) in [4.78, 5) is 13.1. The molecule has 1 aliphatic rings. The summed E-state index contributed by atoms with van der Waals surface area (Å²) in [6, 6.07) is 0. The van der Waals surface area contributed by atoms with Crippen LogP contribution in [0.3, 0.4) is 0 Å². The van der Waals surface area contributed by atoms with Gasteiger partial charge in [-0.25, -0.2) is 0 Å². The van der Waals surface area contributed by atoms with Gasteiger partial charge in [-0.1, -0.05) is 29.0 Å². The van der Waals surface area contributed by atoms with Crippen LogP contribution in [0.5, 0.6) is 0 Å². The molecule has 0 aliphatic carbocycles. The highest BCUT2D eigenvalue weighted by atomic mass is 127. The summed E-state index contributed by atoms with van der Waals surface area (Å²) in [5.41, 5.74) is 0. The fourth-order valence-electron chi connectivity index (χ4n) is 1.23. The summed E-state index contributed by atoms with van der Waals surface area (Å²) in [6.07, 6.45) is 5.99. The second-order valence-electron chi connectivity index (χ2n) is 2.67. The van der Waals surface area contributed by atoms with Crippen molar-refractivity contribution in [3.8, 4) is 0 Å². The Hall–Kier alpha value is -0.0600. The number of likely N-dealkylation sites (tertiary alicyclic amines) is 1. The van der Waals surface area contributed by atoms with Crippen LogP contribution in [0.25, 0.3) is 0 Å². The van der Waals surface area contributed by atoms with E-state index in [9.17, 15) is 4.79 Å². The minimum Gasteiger partial charge on any atom is -0.319 e. The third kappa shape index (κ3) is 2.81. The van der Waals surface area contributed by atoms with E-state index in [0.717, 1.165) is 25.8 Å². The van der Waals surface area contributed by atoms with Crippen molar-refractivity contribution < 1.29 is 4.79 Å². The van der Waals surface area contributed by atoms with E-state index >= 15 is 0 Å². The number of amides is 1. The zero-order valence-electron chi connectivity index (χ0n) is 6.42. The zero-order valence-corrected chi connectivity index (χ0v) is 8.58. The Labute approximate surface area is 80.8 Å². The van der Waals surface area contributed by atoms with E-state index in [1.807, 2.05) is 15.2 Å². The summed E-state index contributed by atoms with van der Waals surface area (Å²) >= 11 is 2.14. The fourth-order valence-corrected chi connectivity index (χ4v) is 1.62. The number of hydrogen-bond acceptors (Lipinski definition) is 1. The lowest BCUT2D eigenvalue weighted by molar-refractivity contribution is -0.128. The Morgan fingerprint density at radius 3 is 2.91 bits per heavy atom. The molecule has 0 aromatic heterocycles. The van der Waals surface area contributed by atoms with Crippen LogP contribution in [0.4, 0.5) is 0 Å². The van der Waals surface area contributed by atoms with Crippen molar-refractivity contribution in [1.82, 2.24) is 4.90 Å². The summed E-state index contributed by atoms with van der Waals surface area (Å²) < 4.78 is 1.89. The highest BCUT2D eigenvalue weighted by Gasteiger charge is 2.12. The Bertz CT molecular complexity index is 167. The molecule has 1 fully saturated rings. The maximum Gasteiger partial charge on any atom is 0.226 e. The molecule has 0 aromatic rings. The van der Waals surface area contributed by atoms with Gasteiger partial charge in [-0.3, -0.25) is 4.79 Å². The predicted molar refractivity (Wildman–Crippen MR) is 53.3 cm³/mol. The maximum absolute atomic E-state index is 11.3. The zero-order chi connectivity index (χ0) is 8.10. The smallest absolute Gasteiger partial charge is 0.226 e. The molecule has 0 aromatic carbocycles. The highest BCUT2D eigenvalue weighted by molar-refractivity contribution is 14.1. The molecule has 1 heterocycles. The van der Waals surface area contributed by atoms with Crippen molar-refractivity contribution in [2.45, 2.75) is 25.7 Å². The van der Waals surface area contributed by atoms with Gasteiger partial charge in [0.05, 0.1) is 0 Å². The molecule has 1 aliphatic heterocycles. The van der Waals surface area contributed by atoms with Gasteiger partial charge in [-0.05, 0) is 16.9 Å². The van der Waals surface area contributed by atoms with Crippen molar-refractivity contribution in [3.63, 3.8) is 0 Å². The van der Waals surface area contributed by atoms with Gasteiger partial charge in [0.15, 0.2) is 0 Å². The molecule has 1 saturated heterocycles. The number of carbonyl (C=O) groups is 1. The molecule has 3 heteroatoms. The molecule has 0 N–H and O–H groups in total. The number of carbonyl (C=O) groups excluding carboxylic acids is 1. The van der Waals surface area contributed by atoms with Gasteiger partial charge >= 0.3 is 0 Å². The first-order valence-electron chi connectivity index (χ1n) is 3.91. The van der Waals surface area contributed by atoms with Crippen LogP contribution in [-0.2, 0) is 4.79 Å². The minimum atomic E-state index is 0.274. The fraction of sp³-hybridized carbons (Fsp3) is 0.625. The van der Waals surface area contributed by atoms with E-state index in [2.05, 4.69) is 22.6 Å². The average Bonchev–Trinajstić information content (AvgIpc) is 2.18. The first-order valence-corrected chi connectivity index (χ1v) is 5.15. The van der Waals surface area contributed by atoms with Crippen molar-refractivity contribution in [1.29, 1.82) is 0 Å². The standard InChI is InChI=1S/C8H12INO/c9-5-7-10-6-3-1-2-4-8(10)11/h5,7H,1-4,6H2/b7-5+. The molecule has 0 atom stereocenters. The molecule has 2 nitrogen and oxygen atoms in total. The van der Waals surface area contributed by atoms with Crippen molar-refractivity contribution in [3.05, 3.63) is 10.3 Å². The van der Waals surface area contributed by atoms with Crippen molar-refractivity contribution in [2.75, 3.05) is 6.54 Å². The first-order chi connectivity index (χ1) is 5.34. The van der Waals surface area contributed by atoms with Gasteiger partial charge in [-0.15, -0.1) is 0 Å². The van der Waals surface area contributed by atoms with Crippen LogP contribution in [-0.4, -0.2) is 17.4 Å². The maximum atomic E-state index is 11.3. The lowest BCUT2D eigenvalue weighted by atomic mass is 10.2. The third-order valence-corrected chi connectivity index (χ3v) is 2.17. The summed E-state index contributed by atoms with van der Waals surface area (Å²) in [7, 11) is 0. The van der Waals surface area contributed by atoms with E-state index < -0.39 is 0 Å². The van der Waals surface area contributed by atoms with Crippen LogP contribution in [0.1, 0.15) is 25.7 Å². The number of hydrogen-bond donors (Lipinski definition) is 0. The van der Waals surface area contributed by atoms with Crippen LogP contribution in [0.2, 0.25) is 0 Å². The van der Waals surface area contributed by atoms with E-state index in [0.29, 0.717) is 0 Å². The highest BCUT2D eigenvalue weighted by Crippen LogP contribution is 2.11. The van der Waals surface area contributed by atoms with Crippen LogP contribution >= 0.6 is 22.6 Å². The number of rotatable bonds is 1. The first kappa shape index (κ1) is 9.03. The van der Waals surface area contributed by atoms with Gasteiger partial charge < -0.3 is 4.90 Å². The van der Waals surface area contributed by atoms with E-state index in [4.69, 9.17) is 0 Å². The molecule has 1 rings (SSSR count). The molecular weight excluding hydrogens is 253 g/mol. The lowest BCUT2D eigenvalue weighted by Gasteiger charge is -2.13. The van der Waals surface area contributed by atoms with Gasteiger partial charge in [0, 0.05) is 19.2 Å². The molecular formula is C8H12INO. The van der Waals surface area contributed by atoms with Crippen LogP contribution < -0.4 is 0 Å². The molecule has 0 unspecified atom stereocenters. The van der Waals surface area contributed by atoms with E-state index in [1.54, 1.807) is 0 Å². The van der Waals surface area contributed by atoms with Gasteiger partial charge in [0.25, 0.3) is 0 Å². The van der Waals surface area contributed by atoms with Crippen molar-refractivity contribution in [2.24, 2.45) is 0 Å². The topological polar surface area (TPSA) is 20.3 Å². The Kier molecular flexibility index (Phi) is 3.90.